The number of fused-ring (bicyclic) bond motifs is 1. The van der Waals surface area contributed by atoms with E-state index in [9.17, 15) is 4.79 Å². The molecule has 1 atom stereocenters. The Morgan fingerprint density at radius 3 is 3.22 bits per heavy atom. The Morgan fingerprint density at radius 2 is 2.39 bits per heavy atom. The van der Waals surface area contributed by atoms with Gasteiger partial charge < -0.3 is 10.6 Å². The van der Waals surface area contributed by atoms with Crippen LogP contribution in [0.5, 0.6) is 0 Å². The zero-order valence-corrected chi connectivity index (χ0v) is 10.1. The number of benzene rings is 1. The zero-order valence-electron chi connectivity index (χ0n) is 10.1. The molecule has 0 radical (unpaired) electrons. The van der Waals surface area contributed by atoms with E-state index in [1.807, 2.05) is 18.2 Å². The maximum atomic E-state index is 12.2. The molecular weight excluding hydrogens is 228 g/mol. The van der Waals surface area contributed by atoms with Gasteiger partial charge in [-0.3, -0.25) is 9.89 Å². The largest absolute Gasteiger partial charge is 0.348 e. The van der Waals surface area contributed by atoms with Crippen molar-refractivity contribution in [2.75, 3.05) is 13.1 Å². The summed E-state index contributed by atoms with van der Waals surface area (Å²) in [5.74, 6) is -0.0179. The van der Waals surface area contributed by atoms with E-state index in [2.05, 4.69) is 20.8 Å². The number of H-pyrrole nitrogens is 1. The van der Waals surface area contributed by atoms with Gasteiger partial charge in [0, 0.05) is 18.0 Å². The highest BCUT2D eigenvalue weighted by atomic mass is 16.1. The molecule has 1 aliphatic heterocycles. The van der Waals surface area contributed by atoms with Crippen LogP contribution in [0.1, 0.15) is 23.2 Å². The number of rotatable bonds is 2. The highest BCUT2D eigenvalue weighted by Crippen LogP contribution is 2.16. The van der Waals surface area contributed by atoms with Gasteiger partial charge in [-0.1, -0.05) is 6.07 Å². The summed E-state index contributed by atoms with van der Waals surface area (Å²) in [5, 5.41) is 14.1. The highest BCUT2D eigenvalue weighted by molar-refractivity contribution is 6.06. The number of carbonyl (C=O) groups excluding carboxylic acids is 1. The maximum absolute atomic E-state index is 12.2. The molecule has 1 fully saturated rings. The fraction of sp³-hybridized carbons (Fsp3) is 0.385. The second-order valence-electron chi connectivity index (χ2n) is 4.65. The molecule has 3 rings (SSSR count). The lowest BCUT2D eigenvalue weighted by Gasteiger charge is -2.23. The third-order valence-corrected chi connectivity index (χ3v) is 3.36. The lowest BCUT2D eigenvalue weighted by Crippen LogP contribution is -2.45. The minimum absolute atomic E-state index is 0.0179. The van der Waals surface area contributed by atoms with E-state index in [1.165, 1.54) is 0 Å². The molecule has 2 heterocycles. The van der Waals surface area contributed by atoms with Gasteiger partial charge in [0.25, 0.3) is 5.91 Å². The number of nitrogens with zero attached hydrogens (tertiary/aromatic N) is 1. The van der Waals surface area contributed by atoms with Crippen LogP contribution >= 0.6 is 0 Å². The van der Waals surface area contributed by atoms with Crippen molar-refractivity contribution in [2.24, 2.45) is 0 Å². The summed E-state index contributed by atoms with van der Waals surface area (Å²) in [4.78, 5) is 12.2. The van der Waals surface area contributed by atoms with Crippen LogP contribution in [0.3, 0.4) is 0 Å². The van der Waals surface area contributed by atoms with Crippen LogP contribution in [0.25, 0.3) is 10.9 Å². The Kier molecular flexibility index (Phi) is 2.98. The Labute approximate surface area is 105 Å². The molecule has 1 aromatic carbocycles. The first-order valence-electron chi connectivity index (χ1n) is 6.28. The molecule has 5 heteroatoms. The summed E-state index contributed by atoms with van der Waals surface area (Å²) in [6, 6.07) is 5.85. The van der Waals surface area contributed by atoms with Gasteiger partial charge >= 0.3 is 0 Å². The Hall–Kier alpha value is -1.88. The lowest BCUT2D eigenvalue weighted by molar-refractivity contribution is 0.0932. The van der Waals surface area contributed by atoms with E-state index in [-0.39, 0.29) is 11.9 Å². The van der Waals surface area contributed by atoms with Crippen LogP contribution < -0.4 is 10.6 Å². The van der Waals surface area contributed by atoms with Gasteiger partial charge in [-0.2, -0.15) is 5.10 Å². The minimum atomic E-state index is -0.0179. The predicted molar refractivity (Wildman–Crippen MR) is 69.5 cm³/mol. The van der Waals surface area contributed by atoms with Gasteiger partial charge in [-0.05, 0) is 31.5 Å². The van der Waals surface area contributed by atoms with Crippen molar-refractivity contribution >= 4 is 16.8 Å². The van der Waals surface area contributed by atoms with Crippen LogP contribution in [-0.4, -0.2) is 35.2 Å². The highest BCUT2D eigenvalue weighted by Gasteiger charge is 2.17. The maximum Gasteiger partial charge on any atom is 0.252 e. The van der Waals surface area contributed by atoms with Crippen molar-refractivity contribution < 1.29 is 4.79 Å². The van der Waals surface area contributed by atoms with E-state index in [0.29, 0.717) is 5.56 Å². The number of nitrogens with one attached hydrogen (secondary N) is 3. The first-order chi connectivity index (χ1) is 8.84. The summed E-state index contributed by atoms with van der Waals surface area (Å²) in [6.07, 6.45) is 3.85. The zero-order chi connectivity index (χ0) is 12.4. The average molecular weight is 244 g/mol. The second-order valence-corrected chi connectivity index (χ2v) is 4.65. The van der Waals surface area contributed by atoms with E-state index in [4.69, 9.17) is 0 Å². The van der Waals surface area contributed by atoms with Gasteiger partial charge in [0.05, 0.1) is 17.3 Å². The molecule has 1 aromatic heterocycles. The molecule has 2 aromatic rings. The summed E-state index contributed by atoms with van der Waals surface area (Å²) in [5.41, 5.74) is 1.58. The number of piperidine rings is 1. The van der Waals surface area contributed by atoms with Crippen molar-refractivity contribution in [2.45, 2.75) is 18.9 Å². The standard InChI is InChI=1S/C13H16N4O/c18-13(16-9-3-2-6-14-7-9)10-4-1-5-12-11(10)8-15-17-12/h1,4-5,8-9,14H,2-3,6-7H2,(H,15,17)(H,16,18)/t9-/m0/s1. The first-order valence-corrected chi connectivity index (χ1v) is 6.28. The predicted octanol–water partition coefficient (Wildman–Crippen LogP) is 1.04. The van der Waals surface area contributed by atoms with Gasteiger partial charge in [0.1, 0.15) is 0 Å². The topological polar surface area (TPSA) is 69.8 Å². The first kappa shape index (κ1) is 11.2. The van der Waals surface area contributed by atoms with Gasteiger partial charge in [0.2, 0.25) is 0 Å². The molecule has 1 amide bonds. The Bertz CT molecular complexity index is 557. The summed E-state index contributed by atoms with van der Waals surface area (Å²) >= 11 is 0. The van der Waals surface area contributed by atoms with Crippen LogP contribution in [0, 0.1) is 0 Å². The van der Waals surface area contributed by atoms with E-state index < -0.39 is 0 Å². The number of carbonyl (C=O) groups is 1. The summed E-state index contributed by atoms with van der Waals surface area (Å²) in [6.45, 7) is 1.90. The number of hydrogen-bond acceptors (Lipinski definition) is 3. The molecule has 18 heavy (non-hydrogen) atoms. The smallest absolute Gasteiger partial charge is 0.252 e. The second kappa shape index (κ2) is 4.78. The number of amides is 1. The fourth-order valence-electron chi connectivity index (χ4n) is 2.40. The van der Waals surface area contributed by atoms with Gasteiger partial charge in [-0.25, -0.2) is 0 Å². The molecule has 94 valence electrons. The SMILES string of the molecule is O=C(N[C@H]1CCCNC1)c1cccc2[nH]ncc12. The van der Waals surface area contributed by atoms with Gasteiger partial charge in [-0.15, -0.1) is 0 Å². The van der Waals surface area contributed by atoms with Crippen molar-refractivity contribution in [1.82, 2.24) is 20.8 Å². The molecule has 0 bridgehead atoms. The van der Waals surface area contributed by atoms with Gasteiger partial charge in [0.15, 0.2) is 0 Å². The molecule has 5 nitrogen and oxygen atoms in total. The third-order valence-electron chi connectivity index (χ3n) is 3.36. The third kappa shape index (κ3) is 2.09. The Balaban J connectivity index is 1.81. The average Bonchev–Trinajstić information content (AvgIpc) is 2.87. The van der Waals surface area contributed by atoms with Crippen LogP contribution in [0.15, 0.2) is 24.4 Å². The summed E-state index contributed by atoms with van der Waals surface area (Å²) < 4.78 is 0. The van der Waals surface area contributed by atoms with Crippen molar-refractivity contribution in [3.05, 3.63) is 30.0 Å². The Morgan fingerprint density at radius 1 is 1.44 bits per heavy atom. The van der Waals surface area contributed by atoms with Crippen LogP contribution in [0.4, 0.5) is 0 Å². The van der Waals surface area contributed by atoms with Crippen LogP contribution in [-0.2, 0) is 0 Å². The van der Waals surface area contributed by atoms with Crippen molar-refractivity contribution in [1.29, 1.82) is 0 Å². The molecule has 1 aliphatic rings. The van der Waals surface area contributed by atoms with Crippen molar-refractivity contribution in [3.8, 4) is 0 Å². The summed E-state index contributed by atoms with van der Waals surface area (Å²) in [7, 11) is 0. The molecule has 0 aliphatic carbocycles. The quantitative estimate of drug-likeness (QED) is 0.739. The number of aromatic amines is 1. The van der Waals surface area contributed by atoms with E-state index >= 15 is 0 Å². The molecule has 0 spiro atoms. The van der Waals surface area contributed by atoms with Crippen LogP contribution in [0.2, 0.25) is 0 Å². The molecule has 1 saturated heterocycles. The number of aromatic nitrogens is 2. The van der Waals surface area contributed by atoms with Crippen molar-refractivity contribution in [3.63, 3.8) is 0 Å². The monoisotopic (exact) mass is 244 g/mol. The minimum Gasteiger partial charge on any atom is -0.348 e. The van der Waals surface area contributed by atoms with E-state index in [1.54, 1.807) is 6.20 Å². The molecule has 0 saturated carbocycles. The molecule has 3 N–H and O–H groups in total. The molecule has 0 unspecified atom stereocenters. The number of hydrogen-bond donors (Lipinski definition) is 3. The van der Waals surface area contributed by atoms with E-state index in [0.717, 1.165) is 36.8 Å². The fourth-order valence-corrected chi connectivity index (χ4v) is 2.40. The molecular formula is C13H16N4O. The lowest BCUT2D eigenvalue weighted by atomic mass is 10.1. The normalized spacial score (nSPS) is 19.9.